The molecule has 82 heavy (non-hydrogen) atoms. The van der Waals surface area contributed by atoms with E-state index in [2.05, 4.69) is 38.2 Å². The largest absolute Gasteiger partial charge is 0.756 e. The van der Waals surface area contributed by atoms with Gasteiger partial charge in [-0.1, -0.05) is 328 Å². The average molecular weight is 1180 g/mol. The molecule has 0 fully saturated rings. The topological polar surface area (TPSA) is 114 Å². The van der Waals surface area contributed by atoms with Gasteiger partial charge >= 0.3 is 5.97 Å². The van der Waals surface area contributed by atoms with Crippen LogP contribution in [0.5, 0.6) is 0 Å². The van der Waals surface area contributed by atoms with E-state index in [4.69, 9.17) is 13.8 Å². The molecule has 3 unspecified atom stereocenters. The molecule has 10 heteroatoms. The van der Waals surface area contributed by atoms with Gasteiger partial charge in [-0.05, 0) is 57.4 Å². The molecule has 0 aliphatic rings. The van der Waals surface area contributed by atoms with E-state index in [1.807, 2.05) is 33.3 Å². The van der Waals surface area contributed by atoms with Crippen LogP contribution < -0.4 is 10.2 Å². The van der Waals surface area contributed by atoms with Crippen LogP contribution in [0.25, 0.3) is 0 Å². The van der Waals surface area contributed by atoms with Crippen LogP contribution >= 0.6 is 7.82 Å². The maximum absolute atomic E-state index is 13.6. The maximum Gasteiger partial charge on any atom is 0.306 e. The monoisotopic (exact) mass is 1180 g/mol. The number of rotatable bonds is 67. The summed E-state index contributed by atoms with van der Waals surface area (Å²) in [6.07, 6.45) is 75.9. The molecule has 0 aliphatic carbocycles. The first-order valence-corrected chi connectivity index (χ1v) is 37.6. The third-order valence-electron chi connectivity index (χ3n) is 16.6. The highest BCUT2D eigenvalue weighted by molar-refractivity contribution is 7.45. The summed E-state index contributed by atoms with van der Waals surface area (Å²) in [5.74, 6) is -0.517. The van der Waals surface area contributed by atoms with Gasteiger partial charge < -0.3 is 28.5 Å². The number of carbonyl (C=O) groups is 2. The molecule has 0 aromatic carbocycles. The Kier molecular flexibility index (Phi) is 61.4. The molecule has 486 valence electrons. The number of nitrogens with one attached hydrogen (secondary N) is 1. The number of quaternary nitrogens is 1. The van der Waals surface area contributed by atoms with E-state index in [-0.39, 0.29) is 31.5 Å². The van der Waals surface area contributed by atoms with E-state index in [1.54, 1.807) is 0 Å². The van der Waals surface area contributed by atoms with Crippen LogP contribution in [-0.4, -0.2) is 69.4 Å². The third kappa shape index (κ3) is 63.0. The van der Waals surface area contributed by atoms with Crippen molar-refractivity contribution in [3.05, 3.63) is 24.3 Å². The van der Waals surface area contributed by atoms with E-state index in [0.717, 1.165) is 57.8 Å². The lowest BCUT2D eigenvalue weighted by Gasteiger charge is -2.30. The number of carbonyl (C=O) groups excluding carboxylic acids is 2. The van der Waals surface area contributed by atoms with E-state index in [0.29, 0.717) is 17.4 Å². The zero-order valence-electron chi connectivity index (χ0n) is 55.7. The number of hydrogen-bond acceptors (Lipinski definition) is 7. The molecule has 0 rings (SSSR count). The van der Waals surface area contributed by atoms with Gasteiger partial charge in [0.2, 0.25) is 5.91 Å². The Morgan fingerprint density at radius 2 is 0.707 bits per heavy atom. The second-order valence-corrected chi connectivity index (χ2v) is 27.5. The number of nitrogens with zero attached hydrogens (tertiary/aromatic N) is 1. The van der Waals surface area contributed by atoms with Gasteiger partial charge in [0, 0.05) is 12.8 Å². The van der Waals surface area contributed by atoms with Crippen molar-refractivity contribution in [1.82, 2.24) is 5.32 Å². The first kappa shape index (κ1) is 80.5. The van der Waals surface area contributed by atoms with Crippen molar-refractivity contribution in [3.63, 3.8) is 0 Å². The summed E-state index contributed by atoms with van der Waals surface area (Å²) in [6.45, 7) is 6.91. The van der Waals surface area contributed by atoms with Crippen LogP contribution in [0.2, 0.25) is 0 Å². The smallest absolute Gasteiger partial charge is 0.306 e. The van der Waals surface area contributed by atoms with Gasteiger partial charge in [-0.2, -0.15) is 0 Å². The zero-order valence-corrected chi connectivity index (χ0v) is 56.6. The molecular weight excluding hydrogens is 1040 g/mol. The van der Waals surface area contributed by atoms with E-state index >= 15 is 0 Å². The van der Waals surface area contributed by atoms with Gasteiger partial charge in [0.1, 0.15) is 19.3 Å². The summed E-state index contributed by atoms with van der Waals surface area (Å²) in [5, 5.41) is 3.05. The van der Waals surface area contributed by atoms with Crippen molar-refractivity contribution in [2.45, 2.75) is 386 Å². The minimum Gasteiger partial charge on any atom is -0.756 e. The molecule has 1 amide bonds. The Balaban J connectivity index is 5.02. The molecular formula is C72H141N2O7P. The van der Waals surface area contributed by atoms with Gasteiger partial charge in [0.25, 0.3) is 7.82 Å². The SMILES string of the molecule is CCCCCCCC/C=C/CCCCCCCCCCCCCCCC(=O)NC(COP(=O)([O-])OCC[N+](C)(C)C)C(/C=C/CCCCCCCCCCCC)OC(=O)CCCCCCCCCCCCCCCCCCCCCCC. The summed E-state index contributed by atoms with van der Waals surface area (Å²) < 4.78 is 30.5. The maximum atomic E-state index is 13.6. The number of allylic oxidation sites excluding steroid dienone is 3. The predicted octanol–water partition coefficient (Wildman–Crippen LogP) is 22.2. The fraction of sp³-hybridized carbons (Fsp3) is 0.917. The summed E-state index contributed by atoms with van der Waals surface area (Å²) in [4.78, 5) is 40.2. The number of hydrogen-bond donors (Lipinski definition) is 1. The van der Waals surface area contributed by atoms with Gasteiger partial charge in [-0.3, -0.25) is 14.2 Å². The van der Waals surface area contributed by atoms with Crippen LogP contribution in [-0.2, 0) is 27.9 Å². The van der Waals surface area contributed by atoms with E-state index < -0.39 is 20.0 Å². The highest BCUT2D eigenvalue weighted by Crippen LogP contribution is 2.38. The van der Waals surface area contributed by atoms with Crippen LogP contribution in [0, 0.1) is 0 Å². The lowest BCUT2D eigenvalue weighted by Crippen LogP contribution is -2.47. The predicted molar refractivity (Wildman–Crippen MR) is 353 cm³/mol. The van der Waals surface area contributed by atoms with Crippen molar-refractivity contribution in [3.8, 4) is 0 Å². The minimum absolute atomic E-state index is 0.0180. The lowest BCUT2D eigenvalue weighted by atomic mass is 10.0. The highest BCUT2D eigenvalue weighted by atomic mass is 31.2. The molecule has 0 saturated carbocycles. The fourth-order valence-corrected chi connectivity index (χ4v) is 11.8. The summed E-state index contributed by atoms with van der Waals surface area (Å²) in [5.41, 5.74) is 0. The first-order valence-electron chi connectivity index (χ1n) is 36.1. The number of unbranched alkanes of at least 4 members (excludes halogenated alkanes) is 49. The molecule has 0 aliphatic heterocycles. The van der Waals surface area contributed by atoms with Crippen LogP contribution in [0.15, 0.2) is 24.3 Å². The number of esters is 1. The lowest BCUT2D eigenvalue weighted by molar-refractivity contribution is -0.870. The molecule has 0 spiro atoms. The molecule has 0 aromatic heterocycles. The molecule has 0 saturated heterocycles. The number of phosphoric acid groups is 1. The van der Waals surface area contributed by atoms with Crippen molar-refractivity contribution >= 4 is 19.7 Å². The summed E-state index contributed by atoms with van der Waals surface area (Å²) in [6, 6.07) is -0.883. The Hall–Kier alpha value is -1.51. The van der Waals surface area contributed by atoms with E-state index in [9.17, 15) is 19.0 Å². The van der Waals surface area contributed by atoms with Gasteiger partial charge in [-0.25, -0.2) is 0 Å². The number of likely N-dealkylation sites (N-methyl/N-ethyl adjacent to an activating group) is 1. The molecule has 1 N–H and O–H groups in total. The van der Waals surface area contributed by atoms with Crippen molar-refractivity contribution in [2.75, 3.05) is 40.9 Å². The molecule has 0 bridgehead atoms. The van der Waals surface area contributed by atoms with Crippen LogP contribution in [0.3, 0.4) is 0 Å². The third-order valence-corrected chi connectivity index (χ3v) is 17.6. The highest BCUT2D eigenvalue weighted by Gasteiger charge is 2.27. The molecule has 9 nitrogen and oxygen atoms in total. The van der Waals surface area contributed by atoms with Gasteiger partial charge in [-0.15, -0.1) is 0 Å². The number of amides is 1. The molecule has 0 aromatic rings. The van der Waals surface area contributed by atoms with Crippen LogP contribution in [0.1, 0.15) is 374 Å². The van der Waals surface area contributed by atoms with Crippen molar-refractivity contribution < 1.29 is 37.3 Å². The Bertz CT molecular complexity index is 1450. The minimum atomic E-state index is -4.70. The van der Waals surface area contributed by atoms with Gasteiger partial charge in [0.15, 0.2) is 0 Å². The van der Waals surface area contributed by atoms with Crippen molar-refractivity contribution in [2.24, 2.45) is 0 Å². The molecule has 3 atom stereocenters. The number of phosphoric ester groups is 1. The number of ether oxygens (including phenoxy) is 1. The van der Waals surface area contributed by atoms with E-state index in [1.165, 1.54) is 283 Å². The Morgan fingerprint density at radius 1 is 0.415 bits per heavy atom. The molecule has 0 radical (unpaired) electrons. The normalized spacial score (nSPS) is 13.6. The van der Waals surface area contributed by atoms with Gasteiger partial charge in [0.05, 0.1) is 33.8 Å². The summed E-state index contributed by atoms with van der Waals surface area (Å²) in [7, 11) is 1.21. The summed E-state index contributed by atoms with van der Waals surface area (Å²) >= 11 is 0. The molecule has 0 heterocycles. The Labute approximate surface area is 511 Å². The Morgan fingerprint density at radius 3 is 1.04 bits per heavy atom. The zero-order chi connectivity index (χ0) is 60.0. The second kappa shape index (κ2) is 62.5. The second-order valence-electron chi connectivity index (χ2n) is 26.1. The van der Waals surface area contributed by atoms with Crippen LogP contribution in [0.4, 0.5) is 0 Å². The first-order chi connectivity index (χ1) is 39.9. The van der Waals surface area contributed by atoms with Crippen molar-refractivity contribution in [1.29, 1.82) is 0 Å². The quantitative estimate of drug-likeness (QED) is 0.0212. The fourth-order valence-electron chi connectivity index (χ4n) is 11.1. The standard InChI is InChI=1S/C72H141N2O7P/c1-7-10-13-16-19-22-25-28-30-32-34-36-37-39-40-42-44-46-49-52-55-58-61-64-71(75)73-69(68-80-82(77,78)79-67-66-74(4,5)6)70(63-60-57-54-51-48-27-24-21-18-15-12-9-3)81-72(76)65-62-59-56-53-50-47-45-43-41-38-35-33-31-29-26-23-20-17-14-11-8-2/h28,30,60,63,69-70H,7-27,29,31-59,61-62,64-68H2,1-6H3,(H-,73,75,77,78)/b30-28+,63-60+. The average Bonchev–Trinajstić information content (AvgIpc) is 3.47.